The molecule has 21 heavy (non-hydrogen) atoms. The number of nitrogens with zero attached hydrogens (tertiary/aromatic N) is 2. The van der Waals surface area contributed by atoms with Crippen LogP contribution in [-0.4, -0.2) is 31.5 Å². The van der Waals surface area contributed by atoms with Crippen LogP contribution in [0, 0.1) is 5.82 Å². The largest absolute Gasteiger partial charge is 0.376 e. The van der Waals surface area contributed by atoms with Crippen LogP contribution in [0.1, 0.15) is 24.0 Å². The first kappa shape index (κ1) is 15.4. The third kappa shape index (κ3) is 5.13. The summed E-state index contributed by atoms with van der Waals surface area (Å²) in [5.74, 6) is -0.464. The molecule has 1 aromatic carbocycles. The summed E-state index contributed by atoms with van der Waals surface area (Å²) in [7, 11) is 0. The predicted octanol–water partition coefficient (Wildman–Crippen LogP) is 1.13. The average Bonchev–Trinajstić information content (AvgIpc) is 2.94. The van der Waals surface area contributed by atoms with Crippen molar-refractivity contribution in [1.82, 2.24) is 0 Å². The average molecular weight is 294 g/mol. The van der Waals surface area contributed by atoms with Crippen LogP contribution in [0.4, 0.5) is 4.39 Å². The smallest absolute Gasteiger partial charge is 0.211 e. The minimum Gasteiger partial charge on any atom is -0.376 e. The standard InChI is InChI=1S/C14H19FN4O2/c15-12-4-3-10(7-18-19-14(16)17)11(6-12)8-20-9-13-2-1-5-21-13/h3-4,6-7,13H,1-2,5,8-9H2,(H4,16,17,19). The van der Waals surface area contributed by atoms with Gasteiger partial charge in [-0.05, 0) is 30.5 Å². The van der Waals surface area contributed by atoms with E-state index < -0.39 is 0 Å². The van der Waals surface area contributed by atoms with Crippen molar-refractivity contribution in [3.63, 3.8) is 0 Å². The number of nitrogens with two attached hydrogens (primary N) is 2. The topological polar surface area (TPSA) is 95.2 Å². The van der Waals surface area contributed by atoms with Crippen LogP contribution >= 0.6 is 0 Å². The monoisotopic (exact) mass is 294 g/mol. The highest BCUT2D eigenvalue weighted by Gasteiger charge is 2.15. The van der Waals surface area contributed by atoms with Crippen molar-refractivity contribution in [2.75, 3.05) is 13.2 Å². The molecule has 1 aliphatic heterocycles. The summed E-state index contributed by atoms with van der Waals surface area (Å²) in [6.07, 6.45) is 3.66. The summed E-state index contributed by atoms with van der Waals surface area (Å²) in [5.41, 5.74) is 11.8. The third-order valence-corrected chi connectivity index (χ3v) is 3.06. The van der Waals surface area contributed by atoms with Gasteiger partial charge in [-0.3, -0.25) is 0 Å². The SMILES string of the molecule is NC(N)=NN=Cc1ccc(F)cc1COCC1CCCO1. The van der Waals surface area contributed by atoms with E-state index in [0.29, 0.717) is 17.7 Å². The van der Waals surface area contributed by atoms with Gasteiger partial charge < -0.3 is 20.9 Å². The van der Waals surface area contributed by atoms with Crippen LogP contribution in [-0.2, 0) is 16.1 Å². The fraction of sp³-hybridized carbons (Fsp3) is 0.429. The fourth-order valence-corrected chi connectivity index (χ4v) is 2.06. The third-order valence-electron chi connectivity index (χ3n) is 3.06. The Morgan fingerprint density at radius 1 is 1.48 bits per heavy atom. The Bertz CT molecular complexity index is 524. The van der Waals surface area contributed by atoms with Crippen LogP contribution in [0.25, 0.3) is 0 Å². The van der Waals surface area contributed by atoms with Crippen molar-refractivity contribution in [2.45, 2.75) is 25.6 Å². The molecule has 0 spiro atoms. The number of ether oxygens (including phenoxy) is 2. The Kier molecular flexibility index (Phi) is 5.65. The summed E-state index contributed by atoms with van der Waals surface area (Å²) < 4.78 is 24.4. The molecule has 1 aliphatic rings. The van der Waals surface area contributed by atoms with Gasteiger partial charge >= 0.3 is 0 Å². The Labute approximate surface area is 122 Å². The van der Waals surface area contributed by atoms with E-state index in [1.807, 2.05) is 0 Å². The first-order chi connectivity index (χ1) is 10.1. The van der Waals surface area contributed by atoms with Crippen LogP contribution in [0.15, 0.2) is 28.4 Å². The van der Waals surface area contributed by atoms with Gasteiger partial charge in [0.25, 0.3) is 0 Å². The molecule has 0 amide bonds. The summed E-state index contributed by atoms with van der Waals surface area (Å²) in [4.78, 5) is 0. The van der Waals surface area contributed by atoms with Gasteiger partial charge in [-0.1, -0.05) is 6.07 Å². The van der Waals surface area contributed by atoms with Gasteiger partial charge in [0, 0.05) is 12.2 Å². The van der Waals surface area contributed by atoms with Crippen molar-refractivity contribution in [3.8, 4) is 0 Å². The Hall–Kier alpha value is -1.99. The summed E-state index contributed by atoms with van der Waals surface area (Å²) in [6.45, 7) is 1.56. The molecule has 0 saturated carbocycles. The fourth-order valence-electron chi connectivity index (χ4n) is 2.06. The van der Waals surface area contributed by atoms with Crippen LogP contribution in [0.5, 0.6) is 0 Å². The molecule has 6 nitrogen and oxygen atoms in total. The van der Waals surface area contributed by atoms with E-state index in [1.165, 1.54) is 18.3 Å². The maximum Gasteiger partial charge on any atom is 0.211 e. The molecule has 0 radical (unpaired) electrons. The van der Waals surface area contributed by atoms with E-state index >= 15 is 0 Å². The maximum absolute atomic E-state index is 13.3. The zero-order chi connectivity index (χ0) is 15.1. The van der Waals surface area contributed by atoms with E-state index in [9.17, 15) is 4.39 Å². The number of hydrogen-bond acceptors (Lipinski definition) is 4. The van der Waals surface area contributed by atoms with E-state index in [-0.39, 0.29) is 24.5 Å². The van der Waals surface area contributed by atoms with Crippen molar-refractivity contribution in [3.05, 3.63) is 35.1 Å². The van der Waals surface area contributed by atoms with Crippen LogP contribution in [0.2, 0.25) is 0 Å². The number of guanidine groups is 1. The molecular formula is C14H19FN4O2. The lowest BCUT2D eigenvalue weighted by atomic mass is 10.1. The predicted molar refractivity (Wildman–Crippen MR) is 78.4 cm³/mol. The highest BCUT2D eigenvalue weighted by molar-refractivity contribution is 5.83. The molecule has 114 valence electrons. The Balaban J connectivity index is 1.97. The number of benzene rings is 1. The second-order valence-corrected chi connectivity index (χ2v) is 4.76. The molecule has 2 rings (SSSR count). The van der Waals surface area contributed by atoms with Crippen LogP contribution < -0.4 is 11.5 Å². The molecule has 0 aromatic heterocycles. The molecular weight excluding hydrogens is 275 g/mol. The summed E-state index contributed by atoms with van der Waals surface area (Å²) in [5, 5.41) is 7.24. The van der Waals surface area contributed by atoms with E-state index in [2.05, 4.69) is 10.2 Å². The normalized spacial score (nSPS) is 18.2. The molecule has 1 saturated heterocycles. The first-order valence-electron chi connectivity index (χ1n) is 6.75. The van der Waals surface area contributed by atoms with Gasteiger partial charge in [0.1, 0.15) is 5.82 Å². The highest BCUT2D eigenvalue weighted by Crippen LogP contribution is 2.15. The summed E-state index contributed by atoms with van der Waals surface area (Å²) >= 11 is 0. The van der Waals surface area contributed by atoms with Gasteiger partial charge in [-0.15, -0.1) is 5.10 Å². The highest BCUT2D eigenvalue weighted by atomic mass is 19.1. The molecule has 1 unspecified atom stereocenters. The molecule has 1 atom stereocenters. The number of halogens is 1. The molecule has 7 heteroatoms. The molecule has 1 fully saturated rings. The zero-order valence-electron chi connectivity index (χ0n) is 11.7. The van der Waals surface area contributed by atoms with Crippen LogP contribution in [0.3, 0.4) is 0 Å². The van der Waals surface area contributed by atoms with Gasteiger partial charge in [-0.2, -0.15) is 5.10 Å². The van der Waals surface area contributed by atoms with Crippen molar-refractivity contribution < 1.29 is 13.9 Å². The minimum absolute atomic E-state index is 0.135. The van der Waals surface area contributed by atoms with Crippen molar-refractivity contribution in [1.29, 1.82) is 0 Å². The lowest BCUT2D eigenvalue weighted by Crippen LogP contribution is -2.21. The first-order valence-corrected chi connectivity index (χ1v) is 6.75. The van der Waals surface area contributed by atoms with Gasteiger partial charge in [0.05, 0.1) is 25.5 Å². The van der Waals surface area contributed by atoms with Gasteiger partial charge in [-0.25, -0.2) is 4.39 Å². The van der Waals surface area contributed by atoms with E-state index in [1.54, 1.807) is 6.07 Å². The number of hydrogen-bond donors (Lipinski definition) is 2. The lowest BCUT2D eigenvalue weighted by Gasteiger charge is -2.11. The van der Waals surface area contributed by atoms with E-state index in [0.717, 1.165) is 19.4 Å². The maximum atomic E-state index is 13.3. The second kappa shape index (κ2) is 7.70. The van der Waals surface area contributed by atoms with E-state index in [4.69, 9.17) is 20.9 Å². The molecule has 0 aliphatic carbocycles. The quantitative estimate of drug-likeness (QED) is 0.467. The minimum atomic E-state index is -0.329. The Morgan fingerprint density at radius 2 is 2.33 bits per heavy atom. The number of rotatable bonds is 6. The Morgan fingerprint density at radius 3 is 3.05 bits per heavy atom. The van der Waals surface area contributed by atoms with Crippen molar-refractivity contribution >= 4 is 12.2 Å². The molecule has 4 N–H and O–H groups in total. The van der Waals surface area contributed by atoms with Gasteiger partial charge in [0.2, 0.25) is 5.96 Å². The zero-order valence-corrected chi connectivity index (χ0v) is 11.7. The molecule has 0 bridgehead atoms. The molecule has 1 heterocycles. The van der Waals surface area contributed by atoms with Crippen molar-refractivity contribution in [2.24, 2.45) is 21.7 Å². The summed E-state index contributed by atoms with van der Waals surface area (Å²) in [6, 6.07) is 4.36. The molecule has 1 aromatic rings. The van der Waals surface area contributed by atoms with Gasteiger partial charge in [0.15, 0.2) is 0 Å². The second-order valence-electron chi connectivity index (χ2n) is 4.76. The lowest BCUT2D eigenvalue weighted by molar-refractivity contribution is 0.0105.